The second-order valence-corrected chi connectivity index (χ2v) is 3.68. The first kappa shape index (κ1) is 10.8. The van der Waals surface area contributed by atoms with E-state index in [0.717, 1.165) is 0 Å². The van der Waals surface area contributed by atoms with Gasteiger partial charge in [0.25, 0.3) is 0 Å². The normalized spacial score (nSPS) is 10.0. The second kappa shape index (κ2) is 5.43. The average molecular weight is 213 g/mol. The highest BCUT2D eigenvalue weighted by atomic mass is 32.2. The molecule has 6 heteroatoms. The zero-order valence-electron chi connectivity index (χ0n) is 7.51. The van der Waals surface area contributed by atoms with Crippen LogP contribution in [0.5, 0.6) is 0 Å². The number of thioether (sulfide) groups is 1. The van der Waals surface area contributed by atoms with Crippen molar-refractivity contribution >= 4 is 23.5 Å². The van der Waals surface area contributed by atoms with E-state index in [1.165, 1.54) is 18.0 Å². The van der Waals surface area contributed by atoms with Crippen LogP contribution in [0.2, 0.25) is 0 Å². The second-order valence-electron chi connectivity index (χ2n) is 2.59. The molecular weight excluding hydrogens is 202 g/mol. The molecule has 1 heterocycles. The quantitative estimate of drug-likeness (QED) is 0.560. The third-order valence-electron chi connectivity index (χ3n) is 1.46. The molecule has 0 unspecified atom stereocenters. The number of carbonyl (C=O) groups is 1. The van der Waals surface area contributed by atoms with Crippen molar-refractivity contribution in [2.24, 2.45) is 0 Å². The van der Waals surface area contributed by atoms with Crippen molar-refractivity contribution in [1.29, 1.82) is 0 Å². The number of nitrogens with two attached hydrogens (primary N) is 1. The Bertz CT molecular complexity index is 319. The molecule has 0 spiro atoms. The van der Waals surface area contributed by atoms with Gasteiger partial charge < -0.3 is 10.8 Å². The number of nitrogens with zero attached hydrogens (tertiary/aromatic N) is 2. The maximum Gasteiger partial charge on any atom is 0.303 e. The highest BCUT2D eigenvalue weighted by molar-refractivity contribution is 7.99. The first-order valence-corrected chi connectivity index (χ1v) is 5.10. The van der Waals surface area contributed by atoms with Crippen molar-refractivity contribution in [1.82, 2.24) is 9.97 Å². The third-order valence-corrected chi connectivity index (χ3v) is 2.55. The molecule has 0 aliphatic heterocycles. The predicted octanol–water partition coefficient (Wildman–Crippen LogP) is 1.02. The molecule has 0 aliphatic carbocycles. The number of aromatic nitrogens is 2. The molecule has 0 aromatic carbocycles. The number of aliphatic carboxylic acids is 1. The van der Waals surface area contributed by atoms with Crippen LogP contribution in [0.3, 0.4) is 0 Å². The van der Waals surface area contributed by atoms with Gasteiger partial charge in [-0.15, -0.1) is 11.8 Å². The zero-order valence-corrected chi connectivity index (χ0v) is 8.33. The lowest BCUT2D eigenvalue weighted by Crippen LogP contribution is -1.97. The molecule has 3 N–H and O–H groups in total. The summed E-state index contributed by atoms with van der Waals surface area (Å²) in [6.45, 7) is 0. The van der Waals surface area contributed by atoms with Crippen LogP contribution in [-0.4, -0.2) is 26.8 Å². The van der Waals surface area contributed by atoms with E-state index < -0.39 is 5.97 Å². The maximum absolute atomic E-state index is 10.2. The molecule has 0 saturated carbocycles. The lowest BCUT2D eigenvalue weighted by atomic mass is 10.3. The molecule has 0 bridgehead atoms. The first-order chi connectivity index (χ1) is 6.70. The Morgan fingerprint density at radius 1 is 1.50 bits per heavy atom. The molecule has 14 heavy (non-hydrogen) atoms. The van der Waals surface area contributed by atoms with Crippen molar-refractivity contribution in [3.05, 3.63) is 12.4 Å². The number of carboxylic acids is 1. The van der Waals surface area contributed by atoms with Crippen molar-refractivity contribution in [3.8, 4) is 0 Å². The summed E-state index contributed by atoms with van der Waals surface area (Å²) in [7, 11) is 0. The lowest BCUT2D eigenvalue weighted by Gasteiger charge is -2.01. The Kier molecular flexibility index (Phi) is 4.18. The summed E-state index contributed by atoms with van der Waals surface area (Å²) in [5.74, 6) is 0.306. The van der Waals surface area contributed by atoms with Crippen LogP contribution in [0.15, 0.2) is 17.4 Å². The van der Waals surface area contributed by atoms with Crippen LogP contribution >= 0.6 is 11.8 Å². The average Bonchev–Trinajstić information content (AvgIpc) is 2.15. The van der Waals surface area contributed by atoms with Crippen LogP contribution in [0.1, 0.15) is 12.8 Å². The van der Waals surface area contributed by atoms with E-state index in [9.17, 15) is 4.79 Å². The summed E-state index contributed by atoms with van der Waals surface area (Å²) in [5.41, 5.74) is 5.55. The summed E-state index contributed by atoms with van der Waals surface area (Å²) in [6.07, 6.45) is 3.87. The van der Waals surface area contributed by atoms with Crippen molar-refractivity contribution in [3.63, 3.8) is 0 Å². The summed E-state index contributed by atoms with van der Waals surface area (Å²) in [5, 5.41) is 9.07. The van der Waals surface area contributed by atoms with Crippen LogP contribution in [0.25, 0.3) is 0 Å². The summed E-state index contributed by atoms with van der Waals surface area (Å²) < 4.78 is 0. The monoisotopic (exact) mass is 213 g/mol. The Morgan fingerprint density at radius 2 is 2.21 bits per heavy atom. The molecule has 0 fully saturated rings. The first-order valence-electron chi connectivity index (χ1n) is 4.11. The number of anilines is 1. The van der Waals surface area contributed by atoms with Gasteiger partial charge in [-0.05, 0) is 6.42 Å². The topological polar surface area (TPSA) is 89.1 Å². The highest BCUT2D eigenvalue weighted by Crippen LogP contribution is 2.20. The van der Waals surface area contributed by atoms with Gasteiger partial charge in [0.2, 0.25) is 0 Å². The fourth-order valence-corrected chi connectivity index (χ4v) is 1.66. The van der Waals surface area contributed by atoms with Crippen molar-refractivity contribution in [2.75, 3.05) is 11.5 Å². The van der Waals surface area contributed by atoms with E-state index in [2.05, 4.69) is 9.97 Å². The highest BCUT2D eigenvalue weighted by Gasteiger charge is 2.02. The van der Waals surface area contributed by atoms with Crippen LogP contribution in [0, 0.1) is 0 Å². The Labute approximate surface area is 85.7 Å². The predicted molar refractivity (Wildman–Crippen MR) is 54.0 cm³/mol. The maximum atomic E-state index is 10.2. The van der Waals surface area contributed by atoms with Crippen LogP contribution in [-0.2, 0) is 4.79 Å². The van der Waals surface area contributed by atoms with Gasteiger partial charge in [0.1, 0.15) is 5.03 Å². The molecule has 76 valence electrons. The molecule has 0 aliphatic rings. The summed E-state index contributed by atoms with van der Waals surface area (Å²) in [6, 6.07) is 0. The van der Waals surface area contributed by atoms with E-state index in [1.807, 2.05) is 0 Å². The smallest absolute Gasteiger partial charge is 0.303 e. The molecule has 5 nitrogen and oxygen atoms in total. The van der Waals surface area contributed by atoms with Crippen LogP contribution < -0.4 is 5.73 Å². The Hall–Kier alpha value is -1.30. The van der Waals surface area contributed by atoms with Gasteiger partial charge in [0.15, 0.2) is 5.82 Å². The van der Waals surface area contributed by atoms with Gasteiger partial charge in [-0.25, -0.2) is 9.97 Å². The summed E-state index contributed by atoms with van der Waals surface area (Å²) >= 11 is 1.43. The van der Waals surface area contributed by atoms with Gasteiger partial charge >= 0.3 is 5.97 Å². The van der Waals surface area contributed by atoms with E-state index >= 15 is 0 Å². The minimum Gasteiger partial charge on any atom is -0.481 e. The molecule has 1 aromatic heterocycles. The van der Waals surface area contributed by atoms with Gasteiger partial charge in [0.05, 0.1) is 0 Å². The fraction of sp³-hybridized carbons (Fsp3) is 0.375. The number of hydrogen-bond donors (Lipinski definition) is 2. The van der Waals surface area contributed by atoms with E-state index in [1.54, 1.807) is 6.20 Å². The minimum absolute atomic E-state index is 0.174. The molecular formula is C8H11N3O2S. The van der Waals surface area contributed by atoms with Crippen LogP contribution in [0.4, 0.5) is 5.82 Å². The van der Waals surface area contributed by atoms with Crippen molar-refractivity contribution < 1.29 is 9.90 Å². The van der Waals surface area contributed by atoms with Gasteiger partial charge in [-0.1, -0.05) is 0 Å². The molecule has 0 atom stereocenters. The van der Waals surface area contributed by atoms with Gasteiger partial charge in [0, 0.05) is 24.6 Å². The van der Waals surface area contributed by atoms with Gasteiger partial charge in [-0.2, -0.15) is 0 Å². The fourth-order valence-electron chi connectivity index (χ4n) is 0.839. The SMILES string of the molecule is Nc1nccnc1SCCCC(=O)O. The number of carboxylic acid groups (broad SMARTS) is 1. The molecule has 0 amide bonds. The Morgan fingerprint density at radius 3 is 2.86 bits per heavy atom. The number of nitrogen functional groups attached to an aromatic ring is 1. The summed E-state index contributed by atoms with van der Waals surface area (Å²) in [4.78, 5) is 18.1. The minimum atomic E-state index is -0.780. The van der Waals surface area contributed by atoms with E-state index in [-0.39, 0.29) is 6.42 Å². The lowest BCUT2D eigenvalue weighted by molar-refractivity contribution is -0.137. The van der Waals surface area contributed by atoms with E-state index in [4.69, 9.17) is 10.8 Å². The Balaban J connectivity index is 2.31. The number of rotatable bonds is 5. The molecule has 0 saturated heterocycles. The largest absolute Gasteiger partial charge is 0.481 e. The molecule has 0 radical (unpaired) electrons. The van der Waals surface area contributed by atoms with E-state index in [0.29, 0.717) is 23.0 Å². The zero-order chi connectivity index (χ0) is 10.4. The molecule has 1 rings (SSSR count). The third kappa shape index (κ3) is 3.61. The molecule has 1 aromatic rings. The number of hydrogen-bond acceptors (Lipinski definition) is 5. The standard InChI is InChI=1S/C8H11N3O2S/c9-7-8(11-4-3-10-7)14-5-1-2-6(12)13/h3-4H,1-2,5H2,(H2,9,10)(H,12,13). The van der Waals surface area contributed by atoms with Gasteiger partial charge in [-0.3, -0.25) is 4.79 Å². The van der Waals surface area contributed by atoms with Crippen molar-refractivity contribution in [2.45, 2.75) is 17.9 Å².